The maximum atomic E-state index is 14.4. The number of nitrogens with zero attached hydrogens (tertiary/aromatic N) is 2. The third kappa shape index (κ3) is 7.57. The highest BCUT2D eigenvalue weighted by molar-refractivity contribution is 7.92. The van der Waals surface area contributed by atoms with E-state index in [1.54, 1.807) is 48.5 Å². The predicted molar refractivity (Wildman–Crippen MR) is 172 cm³/mol. The van der Waals surface area contributed by atoms with E-state index in [1.807, 2.05) is 50.2 Å². The lowest BCUT2D eigenvalue weighted by molar-refractivity contribution is -0.139. The minimum Gasteiger partial charge on any atom is -0.357 e. The third-order valence-electron chi connectivity index (χ3n) is 7.31. The molecule has 0 aliphatic carbocycles. The number of halogens is 2. The Morgan fingerprint density at radius 2 is 1.47 bits per heavy atom. The fourth-order valence-electron chi connectivity index (χ4n) is 4.79. The lowest BCUT2D eigenvalue weighted by atomic mass is 10.0. The van der Waals surface area contributed by atoms with Crippen LogP contribution in [0.2, 0.25) is 10.0 Å². The molecule has 0 bridgehead atoms. The summed E-state index contributed by atoms with van der Waals surface area (Å²) in [6.07, 6.45) is 0.211. The number of carbonyl (C=O) groups is 2. The predicted octanol–water partition coefficient (Wildman–Crippen LogP) is 6.19. The summed E-state index contributed by atoms with van der Waals surface area (Å²) in [5.41, 5.74) is 3.45. The standard InChI is InChI=1S/C33H33Cl2N3O4S/c1-23-11-10-16-30(24(23)2)38(43(41,42)27-14-8-5-9-15-27)22-32(39)37(21-26-17-18-28(34)29(35)19-26)31(33(40)36-3)20-25-12-6-4-7-13-25/h4-19,31H,20-22H2,1-3H3,(H,36,40). The van der Waals surface area contributed by atoms with Crippen molar-refractivity contribution in [2.45, 2.75) is 37.8 Å². The average molecular weight is 639 g/mol. The van der Waals surface area contributed by atoms with Gasteiger partial charge >= 0.3 is 0 Å². The number of rotatable bonds is 11. The SMILES string of the molecule is CNC(=O)C(Cc1ccccc1)N(Cc1ccc(Cl)c(Cl)c1)C(=O)CN(c1cccc(C)c1C)S(=O)(=O)c1ccccc1. The first-order chi connectivity index (χ1) is 20.5. The molecule has 1 unspecified atom stereocenters. The van der Waals surface area contributed by atoms with Gasteiger partial charge in [0.05, 0.1) is 20.6 Å². The zero-order valence-electron chi connectivity index (χ0n) is 24.1. The van der Waals surface area contributed by atoms with Crippen LogP contribution in [0.3, 0.4) is 0 Å². The minimum absolute atomic E-state index is 0.00728. The summed E-state index contributed by atoms with van der Waals surface area (Å²) in [6.45, 7) is 3.16. The lowest BCUT2D eigenvalue weighted by Gasteiger charge is -2.34. The van der Waals surface area contributed by atoms with E-state index in [9.17, 15) is 18.0 Å². The topological polar surface area (TPSA) is 86.8 Å². The van der Waals surface area contributed by atoms with E-state index in [0.717, 1.165) is 21.0 Å². The van der Waals surface area contributed by atoms with Gasteiger partial charge in [-0.25, -0.2) is 8.42 Å². The largest absolute Gasteiger partial charge is 0.357 e. The van der Waals surface area contributed by atoms with Gasteiger partial charge in [0.25, 0.3) is 10.0 Å². The number of nitrogens with one attached hydrogen (secondary N) is 1. The van der Waals surface area contributed by atoms with E-state index in [4.69, 9.17) is 23.2 Å². The molecule has 0 spiro atoms. The molecule has 10 heteroatoms. The Balaban J connectivity index is 1.82. The highest BCUT2D eigenvalue weighted by atomic mass is 35.5. The van der Waals surface area contributed by atoms with Crippen LogP contribution in [0.1, 0.15) is 22.3 Å². The van der Waals surface area contributed by atoms with Crippen molar-refractivity contribution in [3.05, 3.63) is 129 Å². The van der Waals surface area contributed by atoms with Crippen molar-refractivity contribution in [3.63, 3.8) is 0 Å². The summed E-state index contributed by atoms with van der Waals surface area (Å²) in [5, 5.41) is 3.33. The molecule has 0 aromatic heterocycles. The van der Waals surface area contributed by atoms with Gasteiger partial charge < -0.3 is 10.2 Å². The molecular formula is C33H33Cl2N3O4S. The van der Waals surface area contributed by atoms with Crippen molar-refractivity contribution in [3.8, 4) is 0 Å². The molecule has 0 aliphatic rings. The van der Waals surface area contributed by atoms with Gasteiger partial charge in [0.2, 0.25) is 11.8 Å². The molecule has 0 aliphatic heterocycles. The molecule has 0 heterocycles. The van der Waals surface area contributed by atoms with Gasteiger partial charge in [-0.2, -0.15) is 0 Å². The van der Waals surface area contributed by atoms with Crippen LogP contribution in [0.25, 0.3) is 0 Å². The molecule has 224 valence electrons. The van der Waals surface area contributed by atoms with Crippen LogP contribution in [-0.2, 0) is 32.6 Å². The van der Waals surface area contributed by atoms with Crippen LogP contribution in [-0.4, -0.2) is 44.8 Å². The summed E-state index contributed by atoms with van der Waals surface area (Å²) < 4.78 is 29.3. The summed E-state index contributed by atoms with van der Waals surface area (Å²) in [4.78, 5) is 29.2. The second-order valence-electron chi connectivity index (χ2n) is 10.1. The molecule has 4 rings (SSSR count). The Hall–Kier alpha value is -3.85. The number of aryl methyl sites for hydroxylation is 1. The summed E-state index contributed by atoms with van der Waals surface area (Å²) in [7, 11) is -2.67. The molecular weight excluding hydrogens is 605 g/mol. The molecule has 2 amide bonds. The molecule has 0 saturated heterocycles. The highest BCUT2D eigenvalue weighted by Crippen LogP contribution is 2.30. The minimum atomic E-state index is -4.17. The number of hydrogen-bond acceptors (Lipinski definition) is 4. The fourth-order valence-corrected chi connectivity index (χ4v) is 6.61. The third-order valence-corrected chi connectivity index (χ3v) is 9.82. The van der Waals surface area contributed by atoms with Gasteiger partial charge in [0.15, 0.2) is 0 Å². The number of hydrogen-bond donors (Lipinski definition) is 1. The molecule has 7 nitrogen and oxygen atoms in total. The number of benzene rings is 4. The summed E-state index contributed by atoms with van der Waals surface area (Å²) >= 11 is 12.4. The van der Waals surface area contributed by atoms with Crippen LogP contribution in [0.15, 0.2) is 102 Å². The smallest absolute Gasteiger partial charge is 0.264 e. The summed E-state index contributed by atoms with van der Waals surface area (Å²) in [6, 6.07) is 26.7. The average Bonchev–Trinajstić information content (AvgIpc) is 3.01. The maximum absolute atomic E-state index is 14.4. The first kappa shape index (κ1) is 32.1. The normalized spacial score (nSPS) is 11.9. The number of anilines is 1. The van der Waals surface area contributed by atoms with Gasteiger partial charge in [-0.1, -0.05) is 89.9 Å². The van der Waals surface area contributed by atoms with E-state index in [0.29, 0.717) is 21.3 Å². The van der Waals surface area contributed by atoms with Crippen LogP contribution < -0.4 is 9.62 Å². The number of amides is 2. The van der Waals surface area contributed by atoms with Gasteiger partial charge in [-0.05, 0) is 66.4 Å². The fraction of sp³-hybridized carbons (Fsp3) is 0.212. The first-order valence-corrected chi connectivity index (χ1v) is 15.9. The van der Waals surface area contributed by atoms with Crippen LogP contribution in [0.5, 0.6) is 0 Å². The van der Waals surface area contributed by atoms with Crippen molar-refractivity contribution >= 4 is 50.7 Å². The van der Waals surface area contributed by atoms with E-state index in [2.05, 4.69) is 5.32 Å². The van der Waals surface area contributed by atoms with E-state index in [1.165, 1.54) is 24.1 Å². The zero-order valence-corrected chi connectivity index (χ0v) is 26.5. The molecule has 1 N–H and O–H groups in total. The van der Waals surface area contributed by atoms with E-state index < -0.39 is 28.5 Å². The van der Waals surface area contributed by atoms with Crippen LogP contribution in [0, 0.1) is 13.8 Å². The van der Waals surface area contributed by atoms with Crippen molar-refractivity contribution in [1.29, 1.82) is 0 Å². The molecule has 0 radical (unpaired) electrons. The second kappa shape index (κ2) is 14.1. The molecule has 1 atom stereocenters. The number of likely N-dealkylation sites (N-methyl/N-ethyl adjacent to an activating group) is 1. The highest BCUT2D eigenvalue weighted by Gasteiger charge is 2.35. The Bertz CT molecular complexity index is 1700. The molecule has 0 saturated carbocycles. The second-order valence-corrected chi connectivity index (χ2v) is 12.8. The number of sulfonamides is 1. The zero-order chi connectivity index (χ0) is 31.1. The van der Waals surface area contributed by atoms with Gasteiger partial charge in [-0.15, -0.1) is 0 Å². The van der Waals surface area contributed by atoms with Crippen molar-refractivity contribution < 1.29 is 18.0 Å². The molecule has 0 fully saturated rings. The van der Waals surface area contributed by atoms with Crippen LogP contribution >= 0.6 is 23.2 Å². The monoisotopic (exact) mass is 637 g/mol. The summed E-state index contributed by atoms with van der Waals surface area (Å²) in [5.74, 6) is -0.947. The maximum Gasteiger partial charge on any atom is 0.264 e. The van der Waals surface area contributed by atoms with Gasteiger partial charge in [0.1, 0.15) is 12.6 Å². The lowest BCUT2D eigenvalue weighted by Crippen LogP contribution is -2.53. The van der Waals surface area contributed by atoms with E-state index >= 15 is 0 Å². The molecule has 4 aromatic rings. The van der Waals surface area contributed by atoms with Gasteiger partial charge in [0, 0.05) is 20.0 Å². The van der Waals surface area contributed by atoms with Crippen molar-refractivity contribution in [1.82, 2.24) is 10.2 Å². The molecule has 43 heavy (non-hydrogen) atoms. The van der Waals surface area contributed by atoms with Crippen molar-refractivity contribution in [2.24, 2.45) is 0 Å². The molecule has 4 aromatic carbocycles. The first-order valence-electron chi connectivity index (χ1n) is 13.7. The Kier molecular flexibility index (Phi) is 10.5. The van der Waals surface area contributed by atoms with Crippen molar-refractivity contribution in [2.75, 3.05) is 17.9 Å². The Labute approximate surface area is 263 Å². The van der Waals surface area contributed by atoms with Crippen LogP contribution in [0.4, 0.5) is 5.69 Å². The Morgan fingerprint density at radius 1 is 0.814 bits per heavy atom. The van der Waals surface area contributed by atoms with Gasteiger partial charge in [-0.3, -0.25) is 13.9 Å². The quantitative estimate of drug-likeness (QED) is 0.212. The Morgan fingerprint density at radius 3 is 2.09 bits per heavy atom. The number of carbonyl (C=O) groups excluding carboxylic acids is 2. The van der Waals surface area contributed by atoms with E-state index in [-0.39, 0.29) is 23.8 Å².